The molecule has 0 bridgehead atoms. The Bertz CT molecular complexity index is 1680. The number of benzene rings is 4. The van der Waals surface area contributed by atoms with Gasteiger partial charge in [-0.2, -0.15) is 0 Å². The molecule has 0 spiro atoms. The number of aryl methyl sites for hydroxylation is 1. The lowest BCUT2D eigenvalue weighted by Crippen LogP contribution is -2.54. The van der Waals surface area contributed by atoms with E-state index in [4.69, 9.17) is 4.74 Å². The summed E-state index contributed by atoms with van der Waals surface area (Å²) in [5.41, 5.74) is 2.74. The number of carbonyl (C=O) groups is 2. The quantitative estimate of drug-likeness (QED) is 0.210. The average Bonchev–Trinajstić information content (AvgIpc) is 3.03. The van der Waals surface area contributed by atoms with Gasteiger partial charge >= 0.3 is 0 Å². The van der Waals surface area contributed by atoms with Gasteiger partial charge in [-0.3, -0.25) is 13.9 Å². The molecule has 1 unspecified atom stereocenters. The van der Waals surface area contributed by atoms with Crippen molar-refractivity contribution in [1.29, 1.82) is 0 Å². The first-order chi connectivity index (χ1) is 21.5. The molecule has 0 heterocycles. The van der Waals surface area contributed by atoms with Crippen molar-refractivity contribution in [2.75, 3.05) is 18.0 Å². The van der Waals surface area contributed by atoms with Crippen LogP contribution in [-0.4, -0.2) is 50.9 Å². The summed E-state index contributed by atoms with van der Waals surface area (Å²) in [5.74, 6) is -1.05. The fourth-order valence-electron chi connectivity index (χ4n) is 4.84. The van der Waals surface area contributed by atoms with Crippen LogP contribution in [0.3, 0.4) is 0 Å². The third kappa shape index (κ3) is 8.69. The highest BCUT2D eigenvalue weighted by molar-refractivity contribution is 7.92. The van der Waals surface area contributed by atoms with Gasteiger partial charge in [0.2, 0.25) is 11.8 Å². The number of anilines is 1. The largest absolute Gasteiger partial charge is 0.497 e. The Kier molecular flexibility index (Phi) is 11.0. The van der Waals surface area contributed by atoms with Crippen LogP contribution in [0.25, 0.3) is 0 Å². The fraction of sp³-hybridized carbons (Fsp3) is 0.257. The van der Waals surface area contributed by atoms with Gasteiger partial charge < -0.3 is 15.0 Å². The molecule has 0 saturated carbocycles. The molecule has 45 heavy (non-hydrogen) atoms. The molecule has 0 aliphatic heterocycles. The SMILES string of the molecule is COc1ccc(S(=O)(=O)N(CC(=O)N(Cc2ccc(C)cc2)C(Cc2ccccc2)C(=O)NC(C)C)c2ccc(F)cc2)cc1. The van der Waals surface area contributed by atoms with Gasteiger partial charge in [0.15, 0.2) is 0 Å². The van der Waals surface area contributed by atoms with Gasteiger partial charge in [-0.25, -0.2) is 12.8 Å². The molecular formula is C35H38FN3O5S. The molecule has 0 fully saturated rings. The van der Waals surface area contributed by atoms with Gasteiger partial charge in [-0.05, 0) is 80.4 Å². The Morgan fingerprint density at radius 3 is 2.04 bits per heavy atom. The van der Waals surface area contributed by atoms with Crippen LogP contribution < -0.4 is 14.4 Å². The Balaban J connectivity index is 1.79. The molecule has 4 rings (SSSR count). The van der Waals surface area contributed by atoms with Crippen LogP contribution in [-0.2, 0) is 32.6 Å². The van der Waals surface area contributed by atoms with E-state index < -0.39 is 34.3 Å². The van der Waals surface area contributed by atoms with Crippen LogP contribution in [0.5, 0.6) is 5.75 Å². The second-order valence-corrected chi connectivity index (χ2v) is 12.9. The number of sulfonamides is 1. The van der Waals surface area contributed by atoms with E-state index in [2.05, 4.69) is 5.32 Å². The Morgan fingerprint density at radius 2 is 1.47 bits per heavy atom. The topological polar surface area (TPSA) is 96.0 Å². The maximum Gasteiger partial charge on any atom is 0.264 e. The maximum atomic E-state index is 14.4. The molecule has 0 aliphatic rings. The molecule has 10 heteroatoms. The summed E-state index contributed by atoms with van der Waals surface area (Å²) in [4.78, 5) is 29.5. The van der Waals surface area contributed by atoms with Gasteiger partial charge in [-0.1, -0.05) is 60.2 Å². The highest BCUT2D eigenvalue weighted by atomic mass is 32.2. The maximum absolute atomic E-state index is 14.4. The summed E-state index contributed by atoms with van der Waals surface area (Å²) >= 11 is 0. The normalized spacial score (nSPS) is 12.0. The summed E-state index contributed by atoms with van der Waals surface area (Å²) in [6.07, 6.45) is 0.207. The molecule has 1 atom stereocenters. The van der Waals surface area contributed by atoms with Crippen LogP contribution in [0.1, 0.15) is 30.5 Å². The second kappa shape index (κ2) is 14.9. The van der Waals surface area contributed by atoms with E-state index in [9.17, 15) is 22.4 Å². The Labute approximate surface area is 264 Å². The highest BCUT2D eigenvalue weighted by Crippen LogP contribution is 2.26. The van der Waals surface area contributed by atoms with Crippen molar-refractivity contribution in [1.82, 2.24) is 10.2 Å². The first-order valence-corrected chi connectivity index (χ1v) is 16.0. The van der Waals surface area contributed by atoms with Gasteiger partial charge in [0, 0.05) is 19.0 Å². The van der Waals surface area contributed by atoms with E-state index in [1.54, 1.807) is 0 Å². The number of nitrogens with zero attached hydrogens (tertiary/aromatic N) is 2. The number of hydrogen-bond donors (Lipinski definition) is 1. The van der Waals surface area contributed by atoms with Gasteiger partial charge in [0.05, 0.1) is 17.7 Å². The first kappa shape index (κ1) is 33.2. The third-order valence-electron chi connectivity index (χ3n) is 7.22. The van der Waals surface area contributed by atoms with E-state index in [0.29, 0.717) is 5.75 Å². The average molecular weight is 632 g/mol. The van der Waals surface area contributed by atoms with Crippen LogP contribution in [0.2, 0.25) is 0 Å². The fourth-order valence-corrected chi connectivity index (χ4v) is 6.25. The summed E-state index contributed by atoms with van der Waals surface area (Å²) in [6.45, 7) is 5.04. The monoisotopic (exact) mass is 631 g/mol. The molecule has 2 amide bonds. The Hall–Kier alpha value is -4.70. The van der Waals surface area contributed by atoms with Crippen molar-refractivity contribution < 1.29 is 27.1 Å². The number of hydrogen-bond acceptors (Lipinski definition) is 5. The zero-order valence-electron chi connectivity index (χ0n) is 25.8. The number of carbonyl (C=O) groups excluding carboxylic acids is 2. The summed E-state index contributed by atoms with van der Waals surface area (Å²) in [6, 6.07) is 26.4. The molecule has 4 aromatic carbocycles. The zero-order chi connectivity index (χ0) is 32.6. The molecule has 4 aromatic rings. The smallest absolute Gasteiger partial charge is 0.264 e. The summed E-state index contributed by atoms with van der Waals surface area (Å²) in [5, 5.41) is 2.93. The van der Waals surface area contributed by atoms with E-state index in [-0.39, 0.29) is 35.5 Å². The lowest BCUT2D eigenvalue weighted by Gasteiger charge is -2.34. The molecule has 0 aliphatic carbocycles. The van der Waals surface area contributed by atoms with E-state index in [0.717, 1.165) is 33.1 Å². The van der Waals surface area contributed by atoms with Gasteiger partial charge in [0.25, 0.3) is 10.0 Å². The van der Waals surface area contributed by atoms with E-state index >= 15 is 0 Å². The van der Waals surface area contributed by atoms with Crippen molar-refractivity contribution in [3.8, 4) is 5.75 Å². The summed E-state index contributed by atoms with van der Waals surface area (Å²) in [7, 11) is -2.85. The predicted molar refractivity (Wildman–Crippen MR) is 173 cm³/mol. The molecule has 0 aromatic heterocycles. The number of nitrogens with one attached hydrogen (secondary N) is 1. The zero-order valence-corrected chi connectivity index (χ0v) is 26.6. The van der Waals surface area contributed by atoms with Crippen molar-refractivity contribution in [3.63, 3.8) is 0 Å². The summed E-state index contributed by atoms with van der Waals surface area (Å²) < 4.78 is 48.1. The lowest BCUT2D eigenvalue weighted by molar-refractivity contribution is -0.140. The third-order valence-corrected chi connectivity index (χ3v) is 9.00. The molecule has 236 valence electrons. The van der Waals surface area contributed by atoms with E-state index in [1.165, 1.54) is 48.4 Å². The van der Waals surface area contributed by atoms with Crippen molar-refractivity contribution in [2.24, 2.45) is 0 Å². The number of methoxy groups -OCH3 is 1. The number of amides is 2. The van der Waals surface area contributed by atoms with Crippen molar-refractivity contribution in [2.45, 2.75) is 50.7 Å². The van der Waals surface area contributed by atoms with Crippen molar-refractivity contribution >= 4 is 27.5 Å². The highest BCUT2D eigenvalue weighted by Gasteiger charge is 2.35. The van der Waals surface area contributed by atoms with Gasteiger partial charge in [0.1, 0.15) is 24.2 Å². The molecule has 0 saturated heterocycles. The van der Waals surface area contributed by atoms with Gasteiger partial charge in [-0.15, -0.1) is 0 Å². The molecular weight excluding hydrogens is 593 g/mol. The second-order valence-electron chi connectivity index (χ2n) is 11.0. The number of rotatable bonds is 13. The number of ether oxygens (including phenoxy) is 1. The minimum absolute atomic E-state index is 0.0575. The minimum atomic E-state index is -4.32. The molecule has 0 radical (unpaired) electrons. The van der Waals surface area contributed by atoms with Crippen LogP contribution >= 0.6 is 0 Å². The predicted octanol–water partition coefficient (Wildman–Crippen LogP) is 5.50. The molecule has 1 N–H and O–H groups in total. The van der Waals surface area contributed by atoms with E-state index in [1.807, 2.05) is 75.4 Å². The van der Waals surface area contributed by atoms with Crippen LogP contribution in [0, 0.1) is 12.7 Å². The molecule has 8 nitrogen and oxygen atoms in total. The lowest BCUT2D eigenvalue weighted by atomic mass is 10.0. The number of halogens is 1. The standard InChI is InChI=1S/C35H38FN3O5S/c1-25(2)37-35(41)33(22-27-8-6-5-7-9-27)38(23-28-12-10-26(3)11-13-28)34(40)24-39(30-16-14-29(36)15-17-30)45(42,43)32-20-18-31(44-4)19-21-32/h5-21,25,33H,22-24H2,1-4H3,(H,37,41). The van der Waals surface area contributed by atoms with Crippen LogP contribution in [0.15, 0.2) is 108 Å². The minimum Gasteiger partial charge on any atom is -0.497 e. The first-order valence-electron chi connectivity index (χ1n) is 14.6. The Morgan fingerprint density at radius 1 is 0.844 bits per heavy atom. The van der Waals surface area contributed by atoms with Crippen LogP contribution in [0.4, 0.5) is 10.1 Å². The van der Waals surface area contributed by atoms with Crippen molar-refractivity contribution in [3.05, 3.63) is 126 Å².